The predicted octanol–water partition coefficient (Wildman–Crippen LogP) is 3.03. The molecule has 0 unspecified atom stereocenters. The highest BCUT2D eigenvalue weighted by molar-refractivity contribution is 9.10. The minimum atomic E-state index is 0.581. The Morgan fingerprint density at radius 1 is 1.18 bits per heavy atom. The van der Waals surface area contributed by atoms with Crippen LogP contribution in [0.15, 0.2) is 33.2 Å². The standard InChI is InChI=1S/C16H21BrN4O/c1-12(2)21-8-6-20(7-9-21)11-15-18-19-16(22-15)13-4-3-5-14(17)10-13/h3-5,10,12H,6-9,11H2,1-2H3. The van der Waals surface area contributed by atoms with Crippen LogP contribution in [0, 0.1) is 0 Å². The van der Waals surface area contributed by atoms with Gasteiger partial charge in [0.05, 0.1) is 6.54 Å². The molecule has 1 fully saturated rings. The van der Waals surface area contributed by atoms with Gasteiger partial charge in [0.2, 0.25) is 11.8 Å². The fourth-order valence-corrected chi connectivity index (χ4v) is 3.08. The summed E-state index contributed by atoms with van der Waals surface area (Å²) in [5, 5.41) is 8.34. The van der Waals surface area contributed by atoms with Crippen molar-refractivity contribution in [3.8, 4) is 11.5 Å². The molecule has 0 atom stereocenters. The van der Waals surface area contributed by atoms with E-state index in [9.17, 15) is 0 Å². The van der Waals surface area contributed by atoms with E-state index in [2.05, 4.69) is 49.8 Å². The van der Waals surface area contributed by atoms with Gasteiger partial charge < -0.3 is 4.42 Å². The smallest absolute Gasteiger partial charge is 0.247 e. The Bertz CT molecular complexity index is 620. The first kappa shape index (κ1) is 15.6. The SMILES string of the molecule is CC(C)N1CCN(Cc2nnc(-c3cccc(Br)c3)o2)CC1. The number of piperazine rings is 1. The third-order valence-corrected chi connectivity index (χ3v) is 4.53. The van der Waals surface area contributed by atoms with Crippen LogP contribution in [0.5, 0.6) is 0 Å². The van der Waals surface area contributed by atoms with Gasteiger partial charge in [0.1, 0.15) is 0 Å². The summed E-state index contributed by atoms with van der Waals surface area (Å²) in [6.07, 6.45) is 0. The van der Waals surface area contributed by atoms with Crippen molar-refractivity contribution in [2.45, 2.75) is 26.4 Å². The van der Waals surface area contributed by atoms with Gasteiger partial charge in [-0.15, -0.1) is 10.2 Å². The van der Waals surface area contributed by atoms with E-state index in [4.69, 9.17) is 4.42 Å². The van der Waals surface area contributed by atoms with Crippen molar-refractivity contribution in [2.75, 3.05) is 26.2 Å². The second-order valence-electron chi connectivity index (χ2n) is 5.92. The lowest BCUT2D eigenvalue weighted by Gasteiger charge is -2.36. The topological polar surface area (TPSA) is 45.4 Å². The van der Waals surface area contributed by atoms with Gasteiger partial charge >= 0.3 is 0 Å². The molecular weight excluding hydrogens is 344 g/mol. The fourth-order valence-electron chi connectivity index (χ4n) is 2.68. The molecular formula is C16H21BrN4O. The molecule has 0 saturated carbocycles. The largest absolute Gasteiger partial charge is 0.419 e. The molecule has 118 valence electrons. The Morgan fingerprint density at radius 2 is 1.95 bits per heavy atom. The van der Waals surface area contributed by atoms with Crippen LogP contribution in [0.2, 0.25) is 0 Å². The highest BCUT2D eigenvalue weighted by Crippen LogP contribution is 2.22. The number of rotatable bonds is 4. The Hall–Kier alpha value is -1.24. The maximum atomic E-state index is 5.80. The molecule has 0 N–H and O–H groups in total. The summed E-state index contributed by atoms with van der Waals surface area (Å²) in [5.74, 6) is 1.27. The fraction of sp³-hybridized carbons (Fsp3) is 0.500. The second-order valence-corrected chi connectivity index (χ2v) is 6.83. The lowest BCUT2D eigenvalue weighted by molar-refractivity contribution is 0.0979. The molecule has 0 spiro atoms. The van der Waals surface area contributed by atoms with Crippen molar-refractivity contribution >= 4 is 15.9 Å². The summed E-state index contributed by atoms with van der Waals surface area (Å²) >= 11 is 3.46. The second kappa shape index (κ2) is 6.89. The minimum absolute atomic E-state index is 0.581. The number of benzene rings is 1. The molecule has 0 amide bonds. The number of nitrogens with zero attached hydrogens (tertiary/aromatic N) is 4. The molecule has 1 aliphatic rings. The van der Waals surface area contributed by atoms with Crippen LogP contribution in [0.1, 0.15) is 19.7 Å². The van der Waals surface area contributed by atoms with E-state index < -0.39 is 0 Å². The summed E-state index contributed by atoms with van der Waals surface area (Å²) in [6, 6.07) is 8.53. The zero-order valence-electron chi connectivity index (χ0n) is 13.0. The van der Waals surface area contributed by atoms with Crippen molar-refractivity contribution in [3.63, 3.8) is 0 Å². The van der Waals surface area contributed by atoms with Gasteiger partial charge in [-0.1, -0.05) is 22.0 Å². The van der Waals surface area contributed by atoms with Crippen LogP contribution in [0.4, 0.5) is 0 Å². The quantitative estimate of drug-likeness (QED) is 0.834. The highest BCUT2D eigenvalue weighted by atomic mass is 79.9. The average Bonchev–Trinajstić information content (AvgIpc) is 2.96. The summed E-state index contributed by atoms with van der Waals surface area (Å²) in [5.41, 5.74) is 0.942. The van der Waals surface area contributed by atoms with E-state index in [1.807, 2.05) is 24.3 Å². The molecule has 1 aromatic carbocycles. The van der Waals surface area contributed by atoms with E-state index in [1.165, 1.54) is 0 Å². The maximum Gasteiger partial charge on any atom is 0.247 e. The first-order chi connectivity index (χ1) is 10.6. The summed E-state index contributed by atoms with van der Waals surface area (Å²) < 4.78 is 6.81. The molecule has 6 heteroatoms. The van der Waals surface area contributed by atoms with E-state index in [1.54, 1.807) is 0 Å². The molecule has 1 aliphatic heterocycles. The van der Waals surface area contributed by atoms with Gasteiger partial charge in [0, 0.05) is 42.3 Å². The summed E-state index contributed by atoms with van der Waals surface area (Å²) in [6.45, 7) is 9.52. The third-order valence-electron chi connectivity index (χ3n) is 4.03. The van der Waals surface area contributed by atoms with Crippen LogP contribution in [0.3, 0.4) is 0 Å². The molecule has 1 saturated heterocycles. The van der Waals surface area contributed by atoms with Gasteiger partial charge in [-0.2, -0.15) is 0 Å². The molecule has 0 bridgehead atoms. The third kappa shape index (κ3) is 3.74. The van der Waals surface area contributed by atoms with Crippen LogP contribution >= 0.6 is 15.9 Å². The first-order valence-corrected chi connectivity index (χ1v) is 8.46. The molecule has 5 nitrogen and oxygen atoms in total. The molecule has 1 aromatic heterocycles. The Balaban J connectivity index is 1.61. The van der Waals surface area contributed by atoms with Crippen LogP contribution < -0.4 is 0 Å². The van der Waals surface area contributed by atoms with Gasteiger partial charge in [0.25, 0.3) is 0 Å². The van der Waals surface area contributed by atoms with Crippen molar-refractivity contribution < 1.29 is 4.42 Å². The van der Waals surface area contributed by atoms with Gasteiger partial charge in [0.15, 0.2) is 0 Å². The number of halogens is 1. The van der Waals surface area contributed by atoms with Crippen molar-refractivity contribution in [3.05, 3.63) is 34.6 Å². The lowest BCUT2D eigenvalue weighted by Crippen LogP contribution is -2.48. The van der Waals surface area contributed by atoms with Crippen LogP contribution in [-0.2, 0) is 6.54 Å². The van der Waals surface area contributed by atoms with Crippen LogP contribution in [-0.4, -0.2) is 52.2 Å². The summed E-state index contributed by atoms with van der Waals surface area (Å²) in [4.78, 5) is 4.87. The van der Waals surface area contributed by atoms with E-state index in [-0.39, 0.29) is 0 Å². The van der Waals surface area contributed by atoms with Crippen LogP contribution in [0.25, 0.3) is 11.5 Å². The number of hydrogen-bond donors (Lipinski definition) is 0. The molecule has 22 heavy (non-hydrogen) atoms. The Morgan fingerprint density at radius 3 is 2.64 bits per heavy atom. The average molecular weight is 365 g/mol. The van der Waals surface area contributed by atoms with Gasteiger partial charge in [-0.25, -0.2) is 0 Å². The monoisotopic (exact) mass is 364 g/mol. The van der Waals surface area contributed by atoms with Crippen molar-refractivity contribution in [2.24, 2.45) is 0 Å². The first-order valence-electron chi connectivity index (χ1n) is 7.66. The zero-order valence-corrected chi connectivity index (χ0v) is 14.6. The lowest BCUT2D eigenvalue weighted by atomic mass is 10.2. The number of hydrogen-bond acceptors (Lipinski definition) is 5. The molecule has 2 aromatic rings. The van der Waals surface area contributed by atoms with Gasteiger partial charge in [-0.3, -0.25) is 9.80 Å². The minimum Gasteiger partial charge on any atom is -0.419 e. The van der Waals surface area contributed by atoms with Crippen molar-refractivity contribution in [1.82, 2.24) is 20.0 Å². The van der Waals surface area contributed by atoms with E-state index >= 15 is 0 Å². The molecule has 3 rings (SSSR count). The Kier molecular flexibility index (Phi) is 4.90. The molecule has 0 aliphatic carbocycles. The van der Waals surface area contributed by atoms with E-state index in [0.29, 0.717) is 17.8 Å². The Labute approximate surface area is 139 Å². The normalized spacial score (nSPS) is 17.3. The maximum absolute atomic E-state index is 5.80. The highest BCUT2D eigenvalue weighted by Gasteiger charge is 2.20. The van der Waals surface area contributed by atoms with Gasteiger partial charge in [-0.05, 0) is 32.0 Å². The zero-order chi connectivity index (χ0) is 15.5. The summed E-state index contributed by atoms with van der Waals surface area (Å²) in [7, 11) is 0. The van der Waals surface area contributed by atoms with E-state index in [0.717, 1.165) is 42.8 Å². The number of aromatic nitrogens is 2. The molecule has 0 radical (unpaired) electrons. The predicted molar refractivity (Wildman–Crippen MR) is 89.4 cm³/mol. The van der Waals surface area contributed by atoms with Crippen molar-refractivity contribution in [1.29, 1.82) is 0 Å². The molecule has 2 heterocycles.